The van der Waals surface area contributed by atoms with E-state index >= 15 is 0 Å². The van der Waals surface area contributed by atoms with Crippen LogP contribution in [0.4, 0.5) is 5.69 Å². The SMILES string of the molecule is CCC(CO)NC(=O)c1ccc(NCc2ccccc2C)cc1. The summed E-state index contributed by atoms with van der Waals surface area (Å²) < 4.78 is 0. The predicted molar refractivity (Wildman–Crippen MR) is 93.6 cm³/mol. The van der Waals surface area contributed by atoms with Crippen LogP contribution in [0.1, 0.15) is 34.8 Å². The van der Waals surface area contributed by atoms with Crippen molar-refractivity contribution in [2.45, 2.75) is 32.9 Å². The lowest BCUT2D eigenvalue weighted by Gasteiger charge is -2.14. The Kier molecular flexibility index (Phi) is 6.18. The summed E-state index contributed by atoms with van der Waals surface area (Å²) in [5, 5.41) is 15.3. The van der Waals surface area contributed by atoms with Gasteiger partial charge in [-0.15, -0.1) is 0 Å². The first-order valence-corrected chi connectivity index (χ1v) is 7.94. The number of nitrogens with one attached hydrogen (secondary N) is 2. The molecular weight excluding hydrogens is 288 g/mol. The second kappa shape index (κ2) is 8.34. The number of hydrogen-bond acceptors (Lipinski definition) is 3. The highest BCUT2D eigenvalue weighted by atomic mass is 16.3. The van der Waals surface area contributed by atoms with Crippen LogP contribution in [0.5, 0.6) is 0 Å². The minimum atomic E-state index is -0.193. The van der Waals surface area contributed by atoms with Crippen LogP contribution in [-0.2, 0) is 6.54 Å². The number of aliphatic hydroxyl groups is 1. The van der Waals surface area contributed by atoms with Crippen molar-refractivity contribution in [3.05, 3.63) is 65.2 Å². The van der Waals surface area contributed by atoms with Crippen LogP contribution in [-0.4, -0.2) is 23.7 Å². The van der Waals surface area contributed by atoms with Crippen LogP contribution in [0, 0.1) is 6.92 Å². The number of anilines is 1. The van der Waals surface area contributed by atoms with E-state index in [1.165, 1.54) is 11.1 Å². The van der Waals surface area contributed by atoms with Crippen LogP contribution < -0.4 is 10.6 Å². The van der Waals surface area contributed by atoms with Crippen LogP contribution in [0.25, 0.3) is 0 Å². The first-order chi connectivity index (χ1) is 11.1. The molecule has 2 rings (SSSR count). The first-order valence-electron chi connectivity index (χ1n) is 7.94. The van der Waals surface area contributed by atoms with E-state index in [4.69, 9.17) is 5.11 Å². The molecule has 2 aromatic carbocycles. The van der Waals surface area contributed by atoms with Crippen molar-refractivity contribution in [3.8, 4) is 0 Å². The van der Waals surface area contributed by atoms with Gasteiger partial charge in [-0.3, -0.25) is 4.79 Å². The molecule has 4 nitrogen and oxygen atoms in total. The quantitative estimate of drug-likeness (QED) is 0.736. The molecular formula is C19H24N2O2. The zero-order valence-electron chi connectivity index (χ0n) is 13.7. The number of carbonyl (C=O) groups is 1. The lowest BCUT2D eigenvalue weighted by molar-refractivity contribution is 0.0915. The lowest BCUT2D eigenvalue weighted by Crippen LogP contribution is -2.36. The van der Waals surface area contributed by atoms with Crippen molar-refractivity contribution in [2.75, 3.05) is 11.9 Å². The smallest absolute Gasteiger partial charge is 0.251 e. The summed E-state index contributed by atoms with van der Waals surface area (Å²) >= 11 is 0. The predicted octanol–water partition coefficient (Wildman–Crippen LogP) is 3.11. The molecule has 0 radical (unpaired) electrons. The van der Waals surface area contributed by atoms with Crippen molar-refractivity contribution < 1.29 is 9.90 Å². The molecule has 0 aliphatic heterocycles. The first kappa shape index (κ1) is 17.0. The molecule has 0 aliphatic rings. The molecule has 0 aromatic heterocycles. The number of rotatable bonds is 7. The van der Waals surface area contributed by atoms with Gasteiger partial charge in [0.25, 0.3) is 5.91 Å². The van der Waals surface area contributed by atoms with Crippen LogP contribution in [0.3, 0.4) is 0 Å². The van der Waals surface area contributed by atoms with Gasteiger partial charge in [0.05, 0.1) is 12.6 Å². The highest BCUT2D eigenvalue weighted by molar-refractivity contribution is 5.94. The van der Waals surface area contributed by atoms with Crippen molar-refractivity contribution in [3.63, 3.8) is 0 Å². The average molecular weight is 312 g/mol. The summed E-state index contributed by atoms with van der Waals surface area (Å²) in [5.41, 5.74) is 4.08. The monoisotopic (exact) mass is 312 g/mol. The van der Waals surface area contributed by atoms with Crippen molar-refractivity contribution >= 4 is 11.6 Å². The maximum absolute atomic E-state index is 12.1. The third kappa shape index (κ3) is 4.83. The van der Waals surface area contributed by atoms with Gasteiger partial charge in [-0.05, 0) is 48.7 Å². The summed E-state index contributed by atoms with van der Waals surface area (Å²) in [6, 6.07) is 15.4. The summed E-state index contributed by atoms with van der Waals surface area (Å²) in [6.07, 6.45) is 0.707. The van der Waals surface area contributed by atoms with Gasteiger partial charge in [0.15, 0.2) is 0 Å². The van der Waals surface area contributed by atoms with Gasteiger partial charge in [0, 0.05) is 17.8 Å². The number of aliphatic hydroxyl groups excluding tert-OH is 1. The molecule has 0 aliphatic carbocycles. The van der Waals surface area contributed by atoms with E-state index in [2.05, 4.69) is 29.7 Å². The average Bonchev–Trinajstić information content (AvgIpc) is 2.59. The molecule has 23 heavy (non-hydrogen) atoms. The van der Waals surface area contributed by atoms with Gasteiger partial charge in [-0.25, -0.2) is 0 Å². The Balaban J connectivity index is 1.94. The largest absolute Gasteiger partial charge is 0.394 e. The van der Waals surface area contributed by atoms with Gasteiger partial charge in [-0.1, -0.05) is 31.2 Å². The fourth-order valence-electron chi connectivity index (χ4n) is 2.29. The molecule has 4 heteroatoms. The molecule has 122 valence electrons. The number of hydrogen-bond donors (Lipinski definition) is 3. The highest BCUT2D eigenvalue weighted by Crippen LogP contribution is 2.13. The molecule has 0 saturated heterocycles. The Labute approximate surface area is 137 Å². The lowest BCUT2D eigenvalue weighted by atomic mass is 10.1. The van der Waals surface area contributed by atoms with Crippen molar-refractivity contribution in [1.29, 1.82) is 0 Å². The molecule has 0 spiro atoms. The van der Waals surface area contributed by atoms with Crippen LogP contribution in [0.15, 0.2) is 48.5 Å². The second-order valence-corrected chi connectivity index (χ2v) is 5.62. The Morgan fingerprint density at radius 1 is 1.13 bits per heavy atom. The maximum atomic E-state index is 12.1. The molecule has 1 unspecified atom stereocenters. The zero-order chi connectivity index (χ0) is 16.7. The van der Waals surface area contributed by atoms with Gasteiger partial charge < -0.3 is 15.7 Å². The molecule has 0 fully saturated rings. The van der Waals surface area contributed by atoms with E-state index in [0.29, 0.717) is 12.0 Å². The maximum Gasteiger partial charge on any atom is 0.251 e. The second-order valence-electron chi connectivity index (χ2n) is 5.62. The molecule has 3 N–H and O–H groups in total. The van der Waals surface area contributed by atoms with Crippen molar-refractivity contribution in [1.82, 2.24) is 5.32 Å². The van der Waals surface area contributed by atoms with Gasteiger partial charge in [0.2, 0.25) is 0 Å². The minimum Gasteiger partial charge on any atom is -0.394 e. The third-order valence-electron chi connectivity index (χ3n) is 3.94. The third-order valence-corrected chi connectivity index (χ3v) is 3.94. The van der Waals surface area contributed by atoms with E-state index in [9.17, 15) is 4.79 Å². The number of carbonyl (C=O) groups excluding carboxylic acids is 1. The van der Waals surface area contributed by atoms with E-state index in [1.54, 1.807) is 12.1 Å². The zero-order valence-corrected chi connectivity index (χ0v) is 13.7. The Morgan fingerprint density at radius 3 is 2.43 bits per heavy atom. The summed E-state index contributed by atoms with van der Waals surface area (Å²) in [5.74, 6) is -0.156. The molecule has 0 heterocycles. The Morgan fingerprint density at radius 2 is 1.83 bits per heavy atom. The molecule has 0 saturated carbocycles. The number of aryl methyl sites for hydroxylation is 1. The van der Waals surface area contributed by atoms with E-state index in [1.807, 2.05) is 31.2 Å². The minimum absolute atomic E-state index is 0.0433. The summed E-state index contributed by atoms with van der Waals surface area (Å²) in [7, 11) is 0. The fraction of sp³-hybridized carbons (Fsp3) is 0.316. The fourth-order valence-corrected chi connectivity index (χ4v) is 2.29. The molecule has 2 aromatic rings. The van der Waals surface area contributed by atoms with E-state index in [-0.39, 0.29) is 18.6 Å². The normalized spacial score (nSPS) is 11.8. The Hall–Kier alpha value is -2.33. The van der Waals surface area contributed by atoms with Crippen molar-refractivity contribution in [2.24, 2.45) is 0 Å². The standard InChI is InChI=1S/C19H24N2O2/c1-3-17(13-22)21-19(23)15-8-10-18(11-9-15)20-12-16-7-5-4-6-14(16)2/h4-11,17,20,22H,3,12-13H2,1-2H3,(H,21,23). The molecule has 0 bridgehead atoms. The van der Waals surface area contributed by atoms with E-state index in [0.717, 1.165) is 12.2 Å². The van der Waals surface area contributed by atoms with Crippen LogP contribution >= 0.6 is 0 Å². The van der Waals surface area contributed by atoms with Crippen LogP contribution in [0.2, 0.25) is 0 Å². The number of benzene rings is 2. The van der Waals surface area contributed by atoms with Gasteiger partial charge in [0.1, 0.15) is 0 Å². The summed E-state index contributed by atoms with van der Waals surface area (Å²) in [6.45, 7) is 4.73. The highest BCUT2D eigenvalue weighted by Gasteiger charge is 2.11. The van der Waals surface area contributed by atoms with E-state index < -0.39 is 0 Å². The molecule has 1 amide bonds. The summed E-state index contributed by atoms with van der Waals surface area (Å²) in [4.78, 5) is 12.1. The van der Waals surface area contributed by atoms with Gasteiger partial charge in [-0.2, -0.15) is 0 Å². The number of amides is 1. The molecule has 1 atom stereocenters. The Bertz CT molecular complexity index is 634. The van der Waals surface area contributed by atoms with Gasteiger partial charge >= 0.3 is 0 Å². The topological polar surface area (TPSA) is 61.4 Å².